The zero-order valence-electron chi connectivity index (χ0n) is 17.6. The van der Waals surface area contributed by atoms with E-state index in [1.807, 2.05) is 31.2 Å². The zero-order chi connectivity index (χ0) is 22.7. The van der Waals surface area contributed by atoms with Gasteiger partial charge < -0.3 is 24.8 Å². The van der Waals surface area contributed by atoms with Crippen molar-refractivity contribution in [1.29, 1.82) is 0 Å². The van der Waals surface area contributed by atoms with Crippen LogP contribution in [-0.4, -0.2) is 59.0 Å². The smallest absolute Gasteiger partial charge is 0.274 e. The van der Waals surface area contributed by atoms with Gasteiger partial charge in [-0.25, -0.2) is 0 Å². The van der Waals surface area contributed by atoms with E-state index >= 15 is 0 Å². The maximum Gasteiger partial charge on any atom is 0.274 e. The van der Waals surface area contributed by atoms with Crippen LogP contribution in [0.15, 0.2) is 40.9 Å². The number of hydrogen-bond acceptors (Lipinski definition) is 7. The van der Waals surface area contributed by atoms with Crippen molar-refractivity contribution in [2.24, 2.45) is 0 Å². The van der Waals surface area contributed by atoms with Crippen molar-refractivity contribution in [2.75, 3.05) is 32.8 Å². The summed E-state index contributed by atoms with van der Waals surface area (Å²) in [6.45, 7) is 5.85. The van der Waals surface area contributed by atoms with E-state index in [2.05, 4.69) is 15.4 Å². The number of rotatable bonds is 6. The van der Waals surface area contributed by atoms with Crippen molar-refractivity contribution in [3.05, 3.63) is 52.7 Å². The summed E-state index contributed by atoms with van der Waals surface area (Å²) < 4.78 is 11.0. The van der Waals surface area contributed by atoms with E-state index in [1.165, 1.54) is 6.07 Å². The maximum atomic E-state index is 12.8. The number of phenolic OH excluding ortho intramolecular Hbond substituents is 2. The molecule has 2 aromatic carbocycles. The minimum absolute atomic E-state index is 0.0429. The number of benzene rings is 2. The maximum absolute atomic E-state index is 12.8. The molecule has 3 N–H and O–H groups in total. The first-order valence-electron chi connectivity index (χ1n) is 10.4. The van der Waals surface area contributed by atoms with Crippen molar-refractivity contribution in [3.8, 4) is 33.9 Å². The van der Waals surface area contributed by atoms with E-state index in [4.69, 9.17) is 20.9 Å². The van der Waals surface area contributed by atoms with Gasteiger partial charge in [0.15, 0.2) is 11.5 Å². The van der Waals surface area contributed by atoms with Gasteiger partial charge in [-0.2, -0.15) is 0 Å². The number of amides is 1. The lowest BCUT2D eigenvalue weighted by atomic mass is 9.94. The van der Waals surface area contributed by atoms with Crippen LogP contribution < -0.4 is 5.32 Å². The number of nitrogens with one attached hydrogen (secondary N) is 1. The van der Waals surface area contributed by atoms with Crippen LogP contribution in [0.4, 0.5) is 0 Å². The number of halogens is 1. The largest absolute Gasteiger partial charge is 0.507 e. The third kappa shape index (κ3) is 4.43. The molecule has 3 aromatic rings. The number of phenols is 2. The molecule has 4 rings (SSSR count). The normalized spacial score (nSPS) is 14.4. The molecule has 1 aliphatic rings. The minimum atomic E-state index is -0.386. The van der Waals surface area contributed by atoms with Crippen LogP contribution in [0, 0.1) is 0 Å². The molecule has 1 fully saturated rings. The van der Waals surface area contributed by atoms with Crippen molar-refractivity contribution in [1.82, 2.24) is 15.4 Å². The highest BCUT2D eigenvalue weighted by molar-refractivity contribution is 6.32. The molecular weight excluding hydrogens is 434 g/mol. The highest BCUT2D eigenvalue weighted by Crippen LogP contribution is 2.43. The van der Waals surface area contributed by atoms with Gasteiger partial charge in [0.05, 0.1) is 29.4 Å². The number of aromatic hydroxyl groups is 2. The first-order chi connectivity index (χ1) is 15.5. The van der Waals surface area contributed by atoms with Gasteiger partial charge in [-0.1, -0.05) is 41.0 Å². The molecule has 32 heavy (non-hydrogen) atoms. The average Bonchev–Trinajstić information content (AvgIpc) is 3.22. The molecule has 0 aliphatic carbocycles. The summed E-state index contributed by atoms with van der Waals surface area (Å²) in [6, 6.07) is 10.2. The molecule has 0 spiro atoms. The fraction of sp³-hybridized carbons (Fsp3) is 0.304. The first kappa shape index (κ1) is 22.1. The van der Waals surface area contributed by atoms with Crippen LogP contribution in [0.1, 0.15) is 23.0 Å². The lowest BCUT2D eigenvalue weighted by Crippen LogP contribution is -2.35. The molecule has 8 nitrogen and oxygen atoms in total. The fourth-order valence-electron chi connectivity index (χ4n) is 3.76. The molecule has 1 amide bonds. The predicted molar refractivity (Wildman–Crippen MR) is 120 cm³/mol. The summed E-state index contributed by atoms with van der Waals surface area (Å²) in [6.07, 6.45) is 0. The van der Waals surface area contributed by atoms with Gasteiger partial charge >= 0.3 is 0 Å². The standard InChI is InChI=1S/C23H24ClN3O5/c1-2-25-23(30)21-20(22(32-26-21)16-11-17(24)19(29)12-18(16)28)15-6-4-3-5-14(15)13-27-7-9-31-10-8-27/h3-6,11-12,28-29H,2,7-10,13H2,1H3,(H,25,30). The van der Waals surface area contributed by atoms with Crippen LogP contribution in [0.25, 0.3) is 22.5 Å². The monoisotopic (exact) mass is 457 g/mol. The molecule has 0 unspecified atom stereocenters. The molecule has 0 atom stereocenters. The molecule has 0 bridgehead atoms. The van der Waals surface area contributed by atoms with Crippen LogP contribution >= 0.6 is 11.6 Å². The number of morpholine rings is 1. The third-order valence-electron chi connectivity index (χ3n) is 5.34. The molecule has 168 valence electrons. The Kier molecular flexibility index (Phi) is 6.64. The van der Waals surface area contributed by atoms with Crippen molar-refractivity contribution < 1.29 is 24.3 Å². The van der Waals surface area contributed by atoms with E-state index in [1.54, 1.807) is 0 Å². The number of carbonyl (C=O) groups excluding carboxylic acids is 1. The number of ether oxygens (including phenoxy) is 1. The molecule has 0 radical (unpaired) electrons. The lowest BCUT2D eigenvalue weighted by molar-refractivity contribution is 0.0342. The average molecular weight is 458 g/mol. The highest BCUT2D eigenvalue weighted by Gasteiger charge is 2.28. The van der Waals surface area contributed by atoms with E-state index in [0.717, 1.165) is 30.3 Å². The third-order valence-corrected chi connectivity index (χ3v) is 5.64. The van der Waals surface area contributed by atoms with E-state index in [9.17, 15) is 15.0 Å². The van der Waals surface area contributed by atoms with Crippen molar-refractivity contribution in [2.45, 2.75) is 13.5 Å². The molecule has 1 aromatic heterocycles. The van der Waals surface area contributed by atoms with Crippen molar-refractivity contribution in [3.63, 3.8) is 0 Å². The van der Waals surface area contributed by atoms with Gasteiger partial charge in [0.1, 0.15) is 11.5 Å². The second-order valence-corrected chi connectivity index (χ2v) is 7.87. The zero-order valence-corrected chi connectivity index (χ0v) is 18.4. The molecule has 1 aliphatic heterocycles. The summed E-state index contributed by atoms with van der Waals surface area (Å²) in [7, 11) is 0. The number of aromatic nitrogens is 1. The Bertz CT molecular complexity index is 1120. The van der Waals surface area contributed by atoms with Gasteiger partial charge in [0.2, 0.25) is 0 Å². The molecular formula is C23H24ClN3O5. The van der Waals surface area contributed by atoms with Gasteiger partial charge in [-0.3, -0.25) is 9.69 Å². The Balaban J connectivity index is 1.87. The summed E-state index contributed by atoms with van der Waals surface area (Å²) in [5.74, 6) is -0.689. The number of hydrogen-bond donors (Lipinski definition) is 3. The molecule has 2 heterocycles. The number of carbonyl (C=O) groups is 1. The Labute approximate surface area is 190 Å². The lowest BCUT2D eigenvalue weighted by Gasteiger charge is -2.27. The quantitative estimate of drug-likeness (QED) is 0.518. The van der Waals surface area contributed by atoms with Crippen molar-refractivity contribution >= 4 is 17.5 Å². The van der Waals surface area contributed by atoms with Crippen LogP contribution in [0.5, 0.6) is 11.5 Å². The second-order valence-electron chi connectivity index (χ2n) is 7.46. The Morgan fingerprint density at radius 2 is 1.91 bits per heavy atom. The van der Waals surface area contributed by atoms with Gasteiger partial charge in [0.25, 0.3) is 5.91 Å². The first-order valence-corrected chi connectivity index (χ1v) is 10.8. The molecule has 1 saturated heterocycles. The summed E-state index contributed by atoms with van der Waals surface area (Å²) in [4.78, 5) is 15.1. The van der Waals surface area contributed by atoms with E-state index < -0.39 is 0 Å². The van der Waals surface area contributed by atoms with Gasteiger partial charge in [0, 0.05) is 32.2 Å². The summed E-state index contributed by atoms with van der Waals surface area (Å²) >= 11 is 6.09. The van der Waals surface area contributed by atoms with Crippen LogP contribution in [-0.2, 0) is 11.3 Å². The van der Waals surface area contributed by atoms with Gasteiger partial charge in [-0.15, -0.1) is 0 Å². The summed E-state index contributed by atoms with van der Waals surface area (Å²) in [5, 5.41) is 27.2. The second kappa shape index (κ2) is 9.60. The Morgan fingerprint density at radius 1 is 1.16 bits per heavy atom. The molecule has 0 saturated carbocycles. The highest BCUT2D eigenvalue weighted by atomic mass is 35.5. The molecule has 9 heteroatoms. The van der Waals surface area contributed by atoms with Crippen LogP contribution in [0.3, 0.4) is 0 Å². The predicted octanol–water partition coefficient (Wildman–Crippen LogP) is 3.66. The topological polar surface area (TPSA) is 108 Å². The van der Waals surface area contributed by atoms with Crippen LogP contribution in [0.2, 0.25) is 5.02 Å². The van der Waals surface area contributed by atoms with E-state index in [0.29, 0.717) is 31.9 Å². The summed E-state index contributed by atoms with van der Waals surface area (Å²) in [5.41, 5.74) is 2.54. The minimum Gasteiger partial charge on any atom is -0.507 e. The number of nitrogens with zero attached hydrogens (tertiary/aromatic N) is 2. The Morgan fingerprint density at radius 3 is 2.66 bits per heavy atom. The Hall–Kier alpha value is -3.07. The van der Waals surface area contributed by atoms with Gasteiger partial charge in [-0.05, 0) is 24.1 Å². The SMILES string of the molecule is CCNC(=O)c1noc(-c2cc(Cl)c(O)cc2O)c1-c1ccccc1CN1CCOCC1. The van der Waals surface area contributed by atoms with E-state index in [-0.39, 0.29) is 39.4 Å². The fourth-order valence-corrected chi connectivity index (χ4v) is 3.92.